The molecule has 17 heavy (non-hydrogen) atoms. The van der Waals surface area contributed by atoms with Crippen molar-refractivity contribution in [3.05, 3.63) is 0 Å². The molecular formula is C12H15N5. The van der Waals surface area contributed by atoms with E-state index in [1.807, 2.05) is 12.1 Å². The fourth-order valence-electron chi connectivity index (χ4n) is 2.57. The van der Waals surface area contributed by atoms with E-state index < -0.39 is 11.6 Å². The smallest absolute Gasteiger partial charge is 0.178 e. The summed E-state index contributed by atoms with van der Waals surface area (Å²) in [4.78, 5) is 8.97. The maximum atomic E-state index is 8.89. The summed E-state index contributed by atoms with van der Waals surface area (Å²) >= 11 is 0. The highest BCUT2D eigenvalue weighted by molar-refractivity contribution is 6.44. The van der Waals surface area contributed by atoms with E-state index in [4.69, 9.17) is 16.3 Å². The van der Waals surface area contributed by atoms with E-state index in [1.165, 1.54) is 6.42 Å². The zero-order valence-corrected chi connectivity index (χ0v) is 9.85. The lowest BCUT2D eigenvalue weighted by Gasteiger charge is -2.34. The molecule has 0 saturated heterocycles. The largest absolute Gasteiger partial charge is 0.382 e. The summed E-state index contributed by atoms with van der Waals surface area (Å²) in [5, 5.41) is 17.8. The SMILES string of the molecule is C[C@H]1CCCC[C@]12N=C(N)C(C(C#N)C#N)=N2. The van der Waals surface area contributed by atoms with Crippen molar-refractivity contribution < 1.29 is 0 Å². The zero-order valence-electron chi connectivity index (χ0n) is 9.85. The highest BCUT2D eigenvalue weighted by atomic mass is 15.2. The first-order valence-electron chi connectivity index (χ1n) is 5.87. The molecule has 2 atom stereocenters. The molecule has 5 heteroatoms. The Morgan fingerprint density at radius 1 is 1.35 bits per heavy atom. The first-order valence-corrected chi connectivity index (χ1v) is 5.87. The second kappa shape index (κ2) is 4.18. The van der Waals surface area contributed by atoms with Crippen molar-refractivity contribution in [3.63, 3.8) is 0 Å². The Balaban J connectivity index is 2.37. The van der Waals surface area contributed by atoms with Gasteiger partial charge in [-0.05, 0) is 19.3 Å². The van der Waals surface area contributed by atoms with Crippen LogP contribution in [0.4, 0.5) is 0 Å². The van der Waals surface area contributed by atoms with Crippen LogP contribution >= 0.6 is 0 Å². The van der Waals surface area contributed by atoms with E-state index in [-0.39, 0.29) is 5.84 Å². The van der Waals surface area contributed by atoms with Gasteiger partial charge >= 0.3 is 0 Å². The van der Waals surface area contributed by atoms with Crippen LogP contribution in [0.2, 0.25) is 0 Å². The van der Waals surface area contributed by atoms with E-state index in [9.17, 15) is 0 Å². The quantitative estimate of drug-likeness (QED) is 0.735. The Hall–Kier alpha value is -1.88. The Labute approximate surface area is 101 Å². The maximum Gasteiger partial charge on any atom is 0.178 e. The fourth-order valence-corrected chi connectivity index (χ4v) is 2.57. The summed E-state index contributed by atoms with van der Waals surface area (Å²) in [5.74, 6) is -0.301. The normalized spacial score (nSPS) is 31.9. The van der Waals surface area contributed by atoms with Crippen molar-refractivity contribution in [3.8, 4) is 12.1 Å². The lowest BCUT2D eigenvalue weighted by Crippen LogP contribution is -2.34. The standard InChI is InChI=1S/C12H15N5/c1-8-4-2-3-5-12(8)16-10(11(15)17-12)9(6-13)7-14/h8-9H,2-5H2,1H3,(H2,15,17)/t8-,12-/m0/s1. The van der Waals surface area contributed by atoms with Gasteiger partial charge in [-0.3, -0.25) is 4.99 Å². The molecule has 88 valence electrons. The predicted octanol–water partition coefficient (Wildman–Crippen LogP) is 1.37. The van der Waals surface area contributed by atoms with Gasteiger partial charge < -0.3 is 5.73 Å². The van der Waals surface area contributed by atoms with Gasteiger partial charge in [0.2, 0.25) is 0 Å². The Bertz CT molecular complexity index is 450. The third-order valence-corrected chi connectivity index (χ3v) is 3.64. The van der Waals surface area contributed by atoms with Crippen molar-refractivity contribution in [1.29, 1.82) is 10.5 Å². The van der Waals surface area contributed by atoms with Crippen LogP contribution in [-0.4, -0.2) is 17.2 Å². The van der Waals surface area contributed by atoms with Crippen LogP contribution in [0.25, 0.3) is 0 Å². The molecule has 0 amide bonds. The van der Waals surface area contributed by atoms with E-state index in [2.05, 4.69) is 16.9 Å². The molecule has 1 fully saturated rings. The Morgan fingerprint density at radius 2 is 2.06 bits per heavy atom. The number of nitrogens with zero attached hydrogens (tertiary/aromatic N) is 4. The maximum absolute atomic E-state index is 8.89. The molecule has 0 aromatic heterocycles. The molecule has 2 aliphatic rings. The number of aliphatic imine (C=N–C) groups is 2. The van der Waals surface area contributed by atoms with Crippen LogP contribution in [0.5, 0.6) is 0 Å². The summed E-state index contributed by atoms with van der Waals surface area (Å²) < 4.78 is 0. The number of nitriles is 2. The van der Waals surface area contributed by atoms with Crippen LogP contribution < -0.4 is 5.73 Å². The predicted molar refractivity (Wildman–Crippen MR) is 64.1 cm³/mol. The molecule has 0 aromatic carbocycles. The van der Waals surface area contributed by atoms with Gasteiger partial charge in [-0.25, -0.2) is 4.99 Å². The zero-order chi connectivity index (χ0) is 12.5. The minimum absolute atomic E-state index is 0.270. The van der Waals surface area contributed by atoms with E-state index in [1.54, 1.807) is 0 Å². The topological polar surface area (TPSA) is 98.3 Å². The molecule has 1 saturated carbocycles. The number of rotatable bonds is 1. The van der Waals surface area contributed by atoms with Crippen molar-refractivity contribution in [1.82, 2.24) is 0 Å². The molecule has 0 bridgehead atoms. The van der Waals surface area contributed by atoms with E-state index >= 15 is 0 Å². The molecule has 1 aliphatic carbocycles. The first-order chi connectivity index (χ1) is 8.13. The van der Waals surface area contributed by atoms with Gasteiger partial charge in [0.05, 0.1) is 12.1 Å². The fraction of sp³-hybridized carbons (Fsp3) is 0.667. The second-order valence-corrected chi connectivity index (χ2v) is 4.71. The number of amidine groups is 1. The van der Waals surface area contributed by atoms with E-state index in [0.29, 0.717) is 11.6 Å². The molecule has 2 N–H and O–H groups in total. The number of hydrogen-bond donors (Lipinski definition) is 1. The lowest BCUT2D eigenvalue weighted by atomic mass is 9.81. The van der Waals surface area contributed by atoms with Crippen molar-refractivity contribution >= 4 is 11.5 Å². The van der Waals surface area contributed by atoms with Gasteiger partial charge in [0, 0.05) is 5.92 Å². The lowest BCUT2D eigenvalue weighted by molar-refractivity contribution is 0.221. The number of hydrogen-bond acceptors (Lipinski definition) is 5. The Kier molecular flexibility index (Phi) is 2.85. The third-order valence-electron chi connectivity index (χ3n) is 3.64. The van der Waals surface area contributed by atoms with Crippen LogP contribution in [0.1, 0.15) is 32.6 Å². The third kappa shape index (κ3) is 1.78. The van der Waals surface area contributed by atoms with Crippen molar-refractivity contribution in [2.45, 2.75) is 38.3 Å². The summed E-state index contributed by atoms with van der Waals surface area (Å²) in [5.41, 5.74) is 5.68. The molecule has 1 spiro atoms. The van der Waals surface area contributed by atoms with Gasteiger partial charge in [0.1, 0.15) is 11.5 Å². The van der Waals surface area contributed by atoms with Crippen LogP contribution in [0, 0.1) is 34.5 Å². The molecule has 1 aliphatic heterocycles. The molecule has 1 heterocycles. The van der Waals surface area contributed by atoms with Gasteiger partial charge in [0.15, 0.2) is 11.6 Å². The van der Waals surface area contributed by atoms with Crippen LogP contribution in [0.15, 0.2) is 9.98 Å². The molecule has 0 aromatic rings. The molecule has 0 radical (unpaired) electrons. The molecule has 0 unspecified atom stereocenters. The highest BCUT2D eigenvalue weighted by Gasteiger charge is 2.43. The summed E-state index contributed by atoms with van der Waals surface area (Å²) in [6.45, 7) is 2.11. The van der Waals surface area contributed by atoms with Crippen LogP contribution in [0.3, 0.4) is 0 Å². The summed E-state index contributed by atoms with van der Waals surface area (Å²) in [6.07, 6.45) is 4.18. The van der Waals surface area contributed by atoms with Gasteiger partial charge in [-0.1, -0.05) is 13.3 Å². The average molecular weight is 229 g/mol. The van der Waals surface area contributed by atoms with Gasteiger partial charge in [0.25, 0.3) is 0 Å². The summed E-state index contributed by atoms with van der Waals surface area (Å²) in [6, 6.07) is 3.82. The van der Waals surface area contributed by atoms with Crippen molar-refractivity contribution in [2.24, 2.45) is 27.6 Å². The first kappa shape index (κ1) is 11.6. The minimum Gasteiger partial charge on any atom is -0.382 e. The minimum atomic E-state index is -0.896. The average Bonchev–Trinajstić information content (AvgIpc) is 2.64. The monoisotopic (exact) mass is 229 g/mol. The Morgan fingerprint density at radius 3 is 2.65 bits per heavy atom. The molecular weight excluding hydrogens is 214 g/mol. The van der Waals surface area contributed by atoms with Gasteiger partial charge in [-0.2, -0.15) is 10.5 Å². The van der Waals surface area contributed by atoms with E-state index in [0.717, 1.165) is 19.3 Å². The molecule has 5 nitrogen and oxygen atoms in total. The highest BCUT2D eigenvalue weighted by Crippen LogP contribution is 2.40. The molecule has 2 rings (SSSR count). The summed E-state index contributed by atoms with van der Waals surface area (Å²) in [7, 11) is 0. The van der Waals surface area contributed by atoms with Crippen molar-refractivity contribution in [2.75, 3.05) is 0 Å². The van der Waals surface area contributed by atoms with Crippen LogP contribution in [-0.2, 0) is 0 Å². The second-order valence-electron chi connectivity index (χ2n) is 4.71. The number of nitrogens with two attached hydrogens (primary N) is 1. The van der Waals surface area contributed by atoms with Gasteiger partial charge in [-0.15, -0.1) is 0 Å².